The molecule has 0 saturated heterocycles. The molecule has 1 fully saturated rings. The predicted molar refractivity (Wildman–Crippen MR) is 93.6 cm³/mol. The van der Waals surface area contributed by atoms with Gasteiger partial charge in [-0.05, 0) is 31.9 Å². The summed E-state index contributed by atoms with van der Waals surface area (Å²) in [7, 11) is 0. The first kappa shape index (κ1) is 14.9. The van der Waals surface area contributed by atoms with E-state index in [9.17, 15) is 0 Å². The van der Waals surface area contributed by atoms with Crippen molar-refractivity contribution >= 4 is 5.82 Å². The highest BCUT2D eigenvalue weighted by Gasteiger charge is 2.15. The highest BCUT2D eigenvalue weighted by molar-refractivity contribution is 5.60. The van der Waals surface area contributed by atoms with Crippen LogP contribution in [0, 0.1) is 6.92 Å². The summed E-state index contributed by atoms with van der Waals surface area (Å²) < 4.78 is 5.39. The Morgan fingerprint density at radius 2 is 1.75 bits per heavy atom. The molecule has 1 saturated carbocycles. The first-order chi connectivity index (χ1) is 11.8. The largest absolute Gasteiger partial charge is 0.367 e. The molecule has 0 spiro atoms. The number of aryl methyl sites for hydroxylation is 1. The Bertz CT molecular complexity index is 802. The number of pyridine rings is 1. The molecule has 0 atom stereocenters. The minimum Gasteiger partial charge on any atom is -0.367 e. The van der Waals surface area contributed by atoms with Crippen LogP contribution in [0.4, 0.5) is 5.82 Å². The maximum atomic E-state index is 5.39. The predicted octanol–water partition coefficient (Wildman–Crippen LogP) is 4.46. The molecule has 1 aliphatic carbocycles. The minimum absolute atomic E-state index is 0.491. The van der Waals surface area contributed by atoms with E-state index in [-0.39, 0.29) is 0 Å². The van der Waals surface area contributed by atoms with Gasteiger partial charge >= 0.3 is 0 Å². The Morgan fingerprint density at radius 1 is 1.00 bits per heavy atom. The quantitative estimate of drug-likeness (QED) is 0.769. The summed E-state index contributed by atoms with van der Waals surface area (Å²) in [5.41, 5.74) is 2.98. The fraction of sp³-hybridized carbons (Fsp3) is 0.316. The van der Waals surface area contributed by atoms with Gasteiger partial charge in [0.15, 0.2) is 0 Å². The van der Waals surface area contributed by atoms with Crippen molar-refractivity contribution < 1.29 is 4.52 Å². The van der Waals surface area contributed by atoms with Crippen molar-refractivity contribution in [1.82, 2.24) is 15.1 Å². The molecule has 1 aromatic carbocycles. The van der Waals surface area contributed by atoms with Crippen LogP contribution in [-0.4, -0.2) is 21.2 Å². The molecule has 24 heavy (non-hydrogen) atoms. The van der Waals surface area contributed by atoms with E-state index >= 15 is 0 Å². The van der Waals surface area contributed by atoms with Gasteiger partial charge in [0.1, 0.15) is 5.82 Å². The van der Waals surface area contributed by atoms with Crippen LogP contribution in [0.3, 0.4) is 0 Å². The summed E-state index contributed by atoms with van der Waals surface area (Å²) >= 11 is 0. The number of rotatable bonds is 4. The Hall–Kier alpha value is -2.69. The number of hydrogen-bond donors (Lipinski definition) is 1. The highest BCUT2D eigenvalue weighted by Crippen LogP contribution is 2.24. The summed E-state index contributed by atoms with van der Waals surface area (Å²) in [5.74, 6) is 1.99. The zero-order chi connectivity index (χ0) is 16.4. The summed E-state index contributed by atoms with van der Waals surface area (Å²) in [5, 5.41) is 7.55. The average Bonchev–Trinajstić information content (AvgIpc) is 3.28. The first-order valence-corrected chi connectivity index (χ1v) is 8.42. The normalized spacial score (nSPS) is 14.9. The fourth-order valence-corrected chi connectivity index (χ4v) is 3.05. The molecule has 5 heteroatoms. The molecule has 3 aromatic rings. The van der Waals surface area contributed by atoms with Crippen LogP contribution < -0.4 is 5.32 Å². The molecule has 0 amide bonds. The molecule has 0 bridgehead atoms. The molecule has 1 N–H and O–H groups in total. The van der Waals surface area contributed by atoms with Gasteiger partial charge in [-0.1, -0.05) is 47.8 Å². The summed E-state index contributed by atoms with van der Waals surface area (Å²) in [6.45, 7) is 2.05. The van der Waals surface area contributed by atoms with E-state index in [0.29, 0.717) is 17.8 Å². The third kappa shape index (κ3) is 3.15. The van der Waals surface area contributed by atoms with E-state index in [1.54, 1.807) is 6.20 Å². The number of nitrogens with zero attached hydrogens (tertiary/aromatic N) is 3. The van der Waals surface area contributed by atoms with Gasteiger partial charge in [0.05, 0.1) is 5.56 Å². The second kappa shape index (κ2) is 6.43. The van der Waals surface area contributed by atoms with Gasteiger partial charge in [-0.15, -0.1) is 0 Å². The monoisotopic (exact) mass is 320 g/mol. The van der Waals surface area contributed by atoms with Gasteiger partial charge in [-0.25, -0.2) is 4.98 Å². The Morgan fingerprint density at radius 3 is 2.46 bits per heavy atom. The SMILES string of the molecule is Cc1ccc(-c2noc(-c3ccc(NC4CCCC4)nc3)n2)cc1. The lowest BCUT2D eigenvalue weighted by atomic mass is 10.1. The van der Waals surface area contributed by atoms with Gasteiger partial charge in [0, 0.05) is 17.8 Å². The van der Waals surface area contributed by atoms with E-state index < -0.39 is 0 Å². The zero-order valence-electron chi connectivity index (χ0n) is 13.7. The van der Waals surface area contributed by atoms with Crippen molar-refractivity contribution in [1.29, 1.82) is 0 Å². The van der Waals surface area contributed by atoms with Crippen LogP contribution in [0.25, 0.3) is 22.8 Å². The van der Waals surface area contributed by atoms with Gasteiger partial charge in [0.25, 0.3) is 5.89 Å². The van der Waals surface area contributed by atoms with E-state index in [1.165, 1.54) is 31.2 Å². The summed E-state index contributed by atoms with van der Waals surface area (Å²) in [6, 6.07) is 12.6. The molecule has 4 rings (SSSR count). The van der Waals surface area contributed by atoms with E-state index in [1.807, 2.05) is 36.4 Å². The fourth-order valence-electron chi connectivity index (χ4n) is 3.05. The molecule has 0 unspecified atom stereocenters. The first-order valence-electron chi connectivity index (χ1n) is 8.42. The van der Waals surface area contributed by atoms with Gasteiger partial charge in [-0.3, -0.25) is 0 Å². The van der Waals surface area contributed by atoms with Crippen LogP contribution >= 0.6 is 0 Å². The molecular formula is C19H20N4O. The van der Waals surface area contributed by atoms with Gasteiger partial charge < -0.3 is 9.84 Å². The van der Waals surface area contributed by atoms with Crippen LogP contribution in [-0.2, 0) is 0 Å². The van der Waals surface area contributed by atoms with Crippen LogP contribution in [0.2, 0.25) is 0 Å². The highest BCUT2D eigenvalue weighted by atomic mass is 16.5. The van der Waals surface area contributed by atoms with Crippen molar-refractivity contribution in [3.8, 4) is 22.8 Å². The van der Waals surface area contributed by atoms with Crippen molar-refractivity contribution in [2.24, 2.45) is 0 Å². The van der Waals surface area contributed by atoms with Gasteiger partial charge in [0.2, 0.25) is 5.82 Å². The minimum atomic E-state index is 0.491. The van der Waals surface area contributed by atoms with E-state index in [2.05, 4.69) is 27.4 Å². The molecule has 2 heterocycles. The molecule has 122 valence electrons. The lowest BCUT2D eigenvalue weighted by molar-refractivity contribution is 0.432. The Kier molecular flexibility index (Phi) is 3.99. The van der Waals surface area contributed by atoms with Crippen molar-refractivity contribution in [3.63, 3.8) is 0 Å². The lowest BCUT2D eigenvalue weighted by Gasteiger charge is -2.12. The van der Waals surface area contributed by atoms with Crippen molar-refractivity contribution in [2.45, 2.75) is 38.6 Å². The third-order valence-corrected chi connectivity index (χ3v) is 4.45. The standard InChI is InChI=1S/C19H20N4O/c1-13-6-8-14(9-7-13)18-22-19(24-23-18)15-10-11-17(20-12-15)21-16-4-2-3-5-16/h6-12,16H,2-5H2,1H3,(H,20,21). The molecule has 1 aliphatic rings. The van der Waals surface area contributed by atoms with Crippen LogP contribution in [0.1, 0.15) is 31.2 Å². The topological polar surface area (TPSA) is 63.8 Å². The molecule has 2 aromatic heterocycles. The van der Waals surface area contributed by atoms with E-state index in [0.717, 1.165) is 16.9 Å². The number of benzene rings is 1. The van der Waals surface area contributed by atoms with Crippen LogP contribution in [0.5, 0.6) is 0 Å². The van der Waals surface area contributed by atoms with Gasteiger partial charge in [-0.2, -0.15) is 4.98 Å². The van der Waals surface area contributed by atoms with Crippen molar-refractivity contribution in [3.05, 3.63) is 48.2 Å². The van der Waals surface area contributed by atoms with Crippen molar-refractivity contribution in [2.75, 3.05) is 5.32 Å². The lowest BCUT2D eigenvalue weighted by Crippen LogP contribution is -2.15. The van der Waals surface area contributed by atoms with Crippen LogP contribution in [0.15, 0.2) is 47.1 Å². The smallest absolute Gasteiger partial charge is 0.259 e. The maximum absolute atomic E-state index is 5.39. The molecule has 5 nitrogen and oxygen atoms in total. The molecular weight excluding hydrogens is 300 g/mol. The Labute approximate surface area is 141 Å². The second-order valence-corrected chi connectivity index (χ2v) is 6.35. The number of hydrogen-bond acceptors (Lipinski definition) is 5. The number of nitrogens with one attached hydrogen (secondary N) is 1. The molecule has 0 radical (unpaired) electrons. The Balaban J connectivity index is 1.50. The average molecular weight is 320 g/mol. The van der Waals surface area contributed by atoms with E-state index in [4.69, 9.17) is 4.52 Å². The summed E-state index contributed by atoms with van der Waals surface area (Å²) in [6.07, 6.45) is 6.85. The second-order valence-electron chi connectivity index (χ2n) is 6.35. The number of aromatic nitrogens is 3. The zero-order valence-corrected chi connectivity index (χ0v) is 13.7. The summed E-state index contributed by atoms with van der Waals surface area (Å²) in [4.78, 5) is 8.95. The third-order valence-electron chi connectivity index (χ3n) is 4.45. The number of anilines is 1. The molecule has 0 aliphatic heterocycles. The maximum Gasteiger partial charge on any atom is 0.259 e.